The summed E-state index contributed by atoms with van der Waals surface area (Å²) in [5, 5.41) is 0. The van der Waals surface area contributed by atoms with E-state index in [2.05, 4.69) is 0 Å². The first kappa shape index (κ1) is 18.5. The number of hydrogen-bond donors (Lipinski definition) is 0. The average molecular weight is 362 g/mol. The molecule has 6 heteroatoms. The van der Waals surface area contributed by atoms with E-state index in [0.29, 0.717) is 26.2 Å². The Balaban J connectivity index is 1.53. The fourth-order valence-electron chi connectivity index (χ4n) is 3.68. The fourth-order valence-corrected chi connectivity index (χ4v) is 3.68. The van der Waals surface area contributed by atoms with E-state index < -0.39 is 11.6 Å². The molecule has 2 aliphatic rings. The number of amides is 2. The van der Waals surface area contributed by atoms with Gasteiger partial charge >= 0.3 is 0 Å². The highest BCUT2D eigenvalue weighted by Gasteiger charge is 2.29. The number of hydrogen-bond acceptors (Lipinski definition) is 2. The summed E-state index contributed by atoms with van der Waals surface area (Å²) >= 11 is 0. The van der Waals surface area contributed by atoms with Gasteiger partial charge in [-0.05, 0) is 31.1 Å². The van der Waals surface area contributed by atoms with E-state index in [4.69, 9.17) is 0 Å². The predicted octanol–water partition coefficient (Wildman–Crippen LogP) is 3.23. The molecule has 1 saturated carbocycles. The molecule has 0 unspecified atom stereocenters. The van der Waals surface area contributed by atoms with Crippen LogP contribution in [-0.2, 0) is 9.59 Å². The monoisotopic (exact) mass is 362 g/mol. The lowest BCUT2D eigenvalue weighted by Crippen LogP contribution is -2.51. The third-order valence-electron chi connectivity index (χ3n) is 5.25. The second-order valence-corrected chi connectivity index (χ2v) is 6.95. The van der Waals surface area contributed by atoms with Crippen molar-refractivity contribution in [1.82, 2.24) is 9.80 Å². The van der Waals surface area contributed by atoms with Gasteiger partial charge in [0.05, 0.1) is 0 Å². The first-order chi connectivity index (χ1) is 12.6. The molecule has 1 heterocycles. The number of halogens is 2. The molecule has 0 bridgehead atoms. The smallest absolute Gasteiger partial charge is 0.246 e. The Morgan fingerprint density at radius 3 is 2.12 bits per heavy atom. The van der Waals surface area contributed by atoms with Gasteiger partial charge in [-0.15, -0.1) is 0 Å². The van der Waals surface area contributed by atoms with Gasteiger partial charge < -0.3 is 9.80 Å². The minimum Gasteiger partial charge on any atom is -0.339 e. The third kappa shape index (κ3) is 4.29. The summed E-state index contributed by atoms with van der Waals surface area (Å²) in [5.41, 5.74) is -0.216. The zero-order valence-corrected chi connectivity index (χ0v) is 14.8. The number of carbonyl (C=O) groups excluding carboxylic acids is 2. The molecule has 26 heavy (non-hydrogen) atoms. The zero-order chi connectivity index (χ0) is 18.5. The van der Waals surface area contributed by atoms with Crippen LogP contribution >= 0.6 is 0 Å². The highest BCUT2D eigenvalue weighted by Crippen LogP contribution is 2.25. The van der Waals surface area contributed by atoms with Gasteiger partial charge in [-0.3, -0.25) is 9.59 Å². The Bertz CT molecular complexity index is 671. The topological polar surface area (TPSA) is 40.6 Å². The van der Waals surface area contributed by atoms with Crippen LogP contribution in [0.2, 0.25) is 0 Å². The van der Waals surface area contributed by atoms with E-state index in [9.17, 15) is 18.4 Å². The summed E-state index contributed by atoms with van der Waals surface area (Å²) in [7, 11) is 0. The number of rotatable bonds is 3. The SMILES string of the molecule is O=C(/C=C/c1c(F)cccc1F)N1CCN(C(=O)C2CCCCC2)CC1. The second kappa shape index (κ2) is 8.43. The van der Waals surface area contributed by atoms with Gasteiger partial charge in [0.15, 0.2) is 0 Å². The van der Waals surface area contributed by atoms with Gasteiger partial charge in [0.1, 0.15) is 11.6 Å². The molecule has 2 amide bonds. The highest BCUT2D eigenvalue weighted by atomic mass is 19.1. The van der Waals surface area contributed by atoms with Gasteiger partial charge in [-0.1, -0.05) is 25.3 Å². The molecule has 0 radical (unpaired) electrons. The molecule has 1 aliphatic heterocycles. The summed E-state index contributed by atoms with van der Waals surface area (Å²) in [6, 6.07) is 3.60. The van der Waals surface area contributed by atoms with Crippen LogP contribution in [-0.4, -0.2) is 47.8 Å². The number of benzene rings is 1. The minimum atomic E-state index is -0.697. The molecule has 1 aromatic rings. The molecule has 1 aliphatic carbocycles. The molecule has 4 nitrogen and oxygen atoms in total. The van der Waals surface area contributed by atoms with Crippen molar-refractivity contribution in [3.8, 4) is 0 Å². The van der Waals surface area contributed by atoms with Crippen molar-refractivity contribution in [2.45, 2.75) is 32.1 Å². The van der Waals surface area contributed by atoms with E-state index in [1.165, 1.54) is 24.6 Å². The van der Waals surface area contributed by atoms with Crippen LogP contribution in [0.1, 0.15) is 37.7 Å². The van der Waals surface area contributed by atoms with Crippen LogP contribution in [0.25, 0.3) is 6.08 Å². The summed E-state index contributed by atoms with van der Waals surface area (Å²) in [6.45, 7) is 1.93. The van der Waals surface area contributed by atoms with Gasteiger partial charge in [-0.25, -0.2) is 8.78 Å². The lowest BCUT2D eigenvalue weighted by Gasteiger charge is -2.36. The van der Waals surface area contributed by atoms with Crippen molar-refractivity contribution in [1.29, 1.82) is 0 Å². The average Bonchev–Trinajstić information content (AvgIpc) is 2.67. The summed E-state index contributed by atoms with van der Waals surface area (Å²) < 4.78 is 27.2. The number of piperazine rings is 1. The maximum atomic E-state index is 13.6. The molecule has 0 aromatic heterocycles. The maximum Gasteiger partial charge on any atom is 0.246 e. The van der Waals surface area contributed by atoms with Gasteiger partial charge in [-0.2, -0.15) is 0 Å². The molecule has 0 N–H and O–H groups in total. The van der Waals surface area contributed by atoms with Crippen LogP contribution in [0.5, 0.6) is 0 Å². The molecule has 1 saturated heterocycles. The largest absolute Gasteiger partial charge is 0.339 e. The van der Waals surface area contributed by atoms with Crippen LogP contribution in [0.15, 0.2) is 24.3 Å². The lowest BCUT2D eigenvalue weighted by molar-refractivity contribution is -0.141. The standard InChI is InChI=1S/C20H24F2N2O2/c21-17-7-4-8-18(22)16(17)9-10-19(25)23-11-13-24(14-12-23)20(26)15-5-2-1-3-6-15/h4,7-10,15H,1-3,5-6,11-14H2/b10-9+. The molecular weight excluding hydrogens is 338 g/mol. The molecule has 0 spiro atoms. The molecule has 1 aromatic carbocycles. The third-order valence-corrected chi connectivity index (χ3v) is 5.25. The normalized spacial score (nSPS) is 19.2. The molecule has 0 atom stereocenters. The Morgan fingerprint density at radius 2 is 1.50 bits per heavy atom. The molecule has 2 fully saturated rings. The van der Waals surface area contributed by atoms with Gasteiger partial charge in [0, 0.05) is 43.7 Å². The van der Waals surface area contributed by atoms with E-state index in [1.807, 2.05) is 4.90 Å². The van der Waals surface area contributed by atoms with Crippen LogP contribution in [0, 0.1) is 17.6 Å². The fraction of sp³-hybridized carbons (Fsp3) is 0.500. The summed E-state index contributed by atoms with van der Waals surface area (Å²) in [6.07, 6.45) is 7.75. The summed E-state index contributed by atoms with van der Waals surface area (Å²) in [5.74, 6) is -1.35. The lowest BCUT2D eigenvalue weighted by atomic mass is 9.88. The molecular formula is C20H24F2N2O2. The zero-order valence-electron chi connectivity index (χ0n) is 14.8. The van der Waals surface area contributed by atoms with Crippen molar-refractivity contribution in [3.63, 3.8) is 0 Å². The first-order valence-corrected chi connectivity index (χ1v) is 9.26. The Morgan fingerprint density at radius 1 is 0.923 bits per heavy atom. The number of carbonyl (C=O) groups is 2. The van der Waals surface area contributed by atoms with Crippen molar-refractivity contribution < 1.29 is 18.4 Å². The van der Waals surface area contributed by atoms with E-state index >= 15 is 0 Å². The van der Waals surface area contributed by atoms with Crippen LogP contribution in [0.3, 0.4) is 0 Å². The minimum absolute atomic E-state index is 0.134. The highest BCUT2D eigenvalue weighted by molar-refractivity contribution is 5.92. The van der Waals surface area contributed by atoms with Crippen molar-refractivity contribution in [2.75, 3.05) is 26.2 Å². The van der Waals surface area contributed by atoms with Crippen molar-refractivity contribution in [2.24, 2.45) is 5.92 Å². The van der Waals surface area contributed by atoms with Crippen molar-refractivity contribution in [3.05, 3.63) is 41.5 Å². The summed E-state index contributed by atoms with van der Waals surface area (Å²) in [4.78, 5) is 28.3. The molecule has 140 valence electrons. The first-order valence-electron chi connectivity index (χ1n) is 9.26. The van der Waals surface area contributed by atoms with E-state index in [0.717, 1.165) is 37.8 Å². The van der Waals surface area contributed by atoms with E-state index in [-0.39, 0.29) is 23.3 Å². The quantitative estimate of drug-likeness (QED) is 0.775. The van der Waals surface area contributed by atoms with Gasteiger partial charge in [0.25, 0.3) is 0 Å². The number of nitrogens with zero attached hydrogens (tertiary/aromatic N) is 2. The van der Waals surface area contributed by atoms with Gasteiger partial charge in [0.2, 0.25) is 11.8 Å². The predicted molar refractivity (Wildman–Crippen MR) is 95.1 cm³/mol. The molecule has 3 rings (SSSR count). The van der Waals surface area contributed by atoms with Crippen LogP contribution < -0.4 is 0 Å². The van der Waals surface area contributed by atoms with Crippen LogP contribution in [0.4, 0.5) is 8.78 Å². The Hall–Kier alpha value is -2.24. The van der Waals surface area contributed by atoms with E-state index in [1.54, 1.807) is 4.90 Å². The Kier molecular flexibility index (Phi) is 6.01. The second-order valence-electron chi connectivity index (χ2n) is 6.95. The Labute approximate surface area is 152 Å². The maximum absolute atomic E-state index is 13.6. The van der Waals surface area contributed by atoms with Crippen molar-refractivity contribution >= 4 is 17.9 Å².